The molecule has 1 aliphatic rings. The van der Waals surface area contributed by atoms with E-state index in [0.717, 1.165) is 6.07 Å². The zero-order chi connectivity index (χ0) is 19.6. The van der Waals surface area contributed by atoms with Crippen LogP contribution in [0.15, 0.2) is 36.4 Å². The minimum Gasteiger partial charge on any atom is -0.497 e. The molecule has 2 amide bonds. The lowest BCUT2D eigenvalue weighted by Gasteiger charge is -2.13. The van der Waals surface area contributed by atoms with Gasteiger partial charge in [0.15, 0.2) is 17.5 Å². The molecule has 1 aliphatic heterocycles. The standard InChI is InChI=1S/C18H15F3N2O4/c1-26-11-4-2-10(3-5-11)23-9-12(27-18(23)25)8-22-17(24)13-6-7-14(19)16(21)15(13)20/h2-7,12H,8-9H2,1H3,(H,22,24). The van der Waals surface area contributed by atoms with Gasteiger partial charge >= 0.3 is 6.09 Å². The number of benzene rings is 2. The largest absolute Gasteiger partial charge is 0.497 e. The van der Waals surface area contributed by atoms with Crippen LogP contribution in [0.5, 0.6) is 5.75 Å². The number of cyclic esters (lactones) is 1. The Morgan fingerprint density at radius 3 is 2.56 bits per heavy atom. The van der Waals surface area contributed by atoms with E-state index in [1.807, 2.05) is 0 Å². The van der Waals surface area contributed by atoms with Crippen molar-refractivity contribution >= 4 is 17.7 Å². The molecule has 1 heterocycles. The number of methoxy groups -OCH3 is 1. The minimum atomic E-state index is -1.72. The van der Waals surface area contributed by atoms with Crippen LogP contribution < -0.4 is 15.0 Å². The molecule has 6 nitrogen and oxygen atoms in total. The molecule has 0 aliphatic carbocycles. The average molecular weight is 380 g/mol. The Bertz CT molecular complexity index is 874. The number of halogens is 3. The van der Waals surface area contributed by atoms with Crippen molar-refractivity contribution in [1.82, 2.24) is 5.32 Å². The van der Waals surface area contributed by atoms with Crippen LogP contribution in [0, 0.1) is 17.5 Å². The number of nitrogens with one attached hydrogen (secondary N) is 1. The van der Waals surface area contributed by atoms with Gasteiger partial charge in [0.25, 0.3) is 5.91 Å². The topological polar surface area (TPSA) is 67.9 Å². The molecule has 0 radical (unpaired) electrons. The van der Waals surface area contributed by atoms with Gasteiger partial charge in [0.05, 0.1) is 25.8 Å². The van der Waals surface area contributed by atoms with Gasteiger partial charge in [0, 0.05) is 5.69 Å². The van der Waals surface area contributed by atoms with Crippen molar-refractivity contribution < 1.29 is 32.2 Å². The SMILES string of the molecule is COc1ccc(N2CC(CNC(=O)c3ccc(F)c(F)c3F)OC2=O)cc1. The van der Waals surface area contributed by atoms with Gasteiger partial charge in [-0.2, -0.15) is 0 Å². The van der Waals surface area contributed by atoms with Gasteiger partial charge in [-0.15, -0.1) is 0 Å². The van der Waals surface area contributed by atoms with Crippen LogP contribution in [0.1, 0.15) is 10.4 Å². The third kappa shape index (κ3) is 3.81. The molecule has 1 fully saturated rings. The van der Waals surface area contributed by atoms with E-state index < -0.39 is 41.1 Å². The highest BCUT2D eigenvalue weighted by Gasteiger charge is 2.32. The maximum absolute atomic E-state index is 13.6. The quantitative estimate of drug-likeness (QED) is 0.810. The Hall–Kier alpha value is -3.23. The predicted octanol–water partition coefficient (Wildman–Crippen LogP) is 2.87. The number of anilines is 1. The number of carbonyl (C=O) groups excluding carboxylic acids is 2. The second-order valence-electron chi connectivity index (χ2n) is 5.75. The van der Waals surface area contributed by atoms with Crippen molar-refractivity contribution in [2.75, 3.05) is 25.1 Å². The summed E-state index contributed by atoms with van der Waals surface area (Å²) < 4.78 is 50.0. The van der Waals surface area contributed by atoms with E-state index in [1.54, 1.807) is 24.3 Å². The van der Waals surface area contributed by atoms with Crippen LogP contribution in [0.3, 0.4) is 0 Å². The summed E-state index contributed by atoms with van der Waals surface area (Å²) in [5, 5.41) is 2.35. The van der Waals surface area contributed by atoms with Crippen LogP contribution in [-0.2, 0) is 4.74 Å². The lowest BCUT2D eigenvalue weighted by molar-refractivity contribution is 0.0911. The zero-order valence-electron chi connectivity index (χ0n) is 14.2. The number of carbonyl (C=O) groups is 2. The maximum atomic E-state index is 13.6. The van der Waals surface area contributed by atoms with Crippen LogP contribution in [-0.4, -0.2) is 38.3 Å². The van der Waals surface area contributed by atoms with Crippen molar-refractivity contribution in [1.29, 1.82) is 0 Å². The summed E-state index contributed by atoms with van der Waals surface area (Å²) >= 11 is 0. The molecule has 1 saturated heterocycles. The molecule has 1 unspecified atom stereocenters. The molecular weight excluding hydrogens is 365 g/mol. The number of nitrogens with zero attached hydrogens (tertiary/aromatic N) is 1. The molecule has 2 aromatic carbocycles. The third-order valence-electron chi connectivity index (χ3n) is 4.03. The van der Waals surface area contributed by atoms with Crippen LogP contribution in [0.4, 0.5) is 23.7 Å². The average Bonchev–Trinajstić information content (AvgIpc) is 3.05. The fraction of sp³-hybridized carbons (Fsp3) is 0.222. The Labute approximate surface area is 152 Å². The van der Waals surface area contributed by atoms with E-state index >= 15 is 0 Å². The second-order valence-corrected chi connectivity index (χ2v) is 5.75. The molecule has 142 valence electrons. The normalized spacial score (nSPS) is 16.2. The number of amides is 2. The summed E-state index contributed by atoms with van der Waals surface area (Å²) in [5.41, 5.74) is -0.0495. The van der Waals surface area contributed by atoms with Crippen molar-refractivity contribution in [3.05, 3.63) is 59.4 Å². The van der Waals surface area contributed by atoms with E-state index in [1.165, 1.54) is 12.0 Å². The Morgan fingerprint density at radius 2 is 1.89 bits per heavy atom. The zero-order valence-corrected chi connectivity index (χ0v) is 14.2. The minimum absolute atomic E-state index is 0.115. The number of rotatable bonds is 5. The van der Waals surface area contributed by atoms with Gasteiger partial charge in [-0.1, -0.05) is 0 Å². The first-order valence-electron chi connectivity index (χ1n) is 7.94. The van der Waals surface area contributed by atoms with Crippen LogP contribution in [0.25, 0.3) is 0 Å². The lowest BCUT2D eigenvalue weighted by atomic mass is 10.2. The fourth-order valence-electron chi connectivity index (χ4n) is 2.60. The fourth-order valence-corrected chi connectivity index (χ4v) is 2.60. The highest BCUT2D eigenvalue weighted by molar-refractivity contribution is 5.94. The summed E-state index contributed by atoms with van der Waals surface area (Å²) in [5.74, 6) is -4.99. The molecule has 0 bridgehead atoms. The maximum Gasteiger partial charge on any atom is 0.414 e. The van der Waals surface area contributed by atoms with E-state index in [-0.39, 0.29) is 13.1 Å². The molecule has 9 heteroatoms. The molecule has 0 aromatic heterocycles. The van der Waals surface area contributed by atoms with Gasteiger partial charge in [-0.3, -0.25) is 9.69 Å². The summed E-state index contributed by atoms with van der Waals surface area (Å²) in [7, 11) is 1.52. The first-order chi connectivity index (χ1) is 12.9. The van der Waals surface area contributed by atoms with E-state index in [0.29, 0.717) is 17.5 Å². The molecule has 1 N–H and O–H groups in total. The van der Waals surface area contributed by atoms with Crippen LogP contribution >= 0.6 is 0 Å². The van der Waals surface area contributed by atoms with Gasteiger partial charge in [-0.05, 0) is 36.4 Å². The summed E-state index contributed by atoms with van der Waals surface area (Å²) in [6.07, 6.45) is -1.28. The number of hydrogen-bond acceptors (Lipinski definition) is 4. The first kappa shape index (κ1) is 18.6. The summed E-state index contributed by atoms with van der Waals surface area (Å²) in [6.45, 7) is 0.0430. The summed E-state index contributed by atoms with van der Waals surface area (Å²) in [6, 6.07) is 8.23. The monoisotopic (exact) mass is 380 g/mol. The molecule has 0 spiro atoms. The Kier molecular flexibility index (Phi) is 5.20. The highest BCUT2D eigenvalue weighted by atomic mass is 19.2. The predicted molar refractivity (Wildman–Crippen MR) is 89.3 cm³/mol. The lowest BCUT2D eigenvalue weighted by Crippen LogP contribution is -2.35. The van der Waals surface area contributed by atoms with Gasteiger partial charge in [-0.25, -0.2) is 18.0 Å². The van der Waals surface area contributed by atoms with E-state index in [2.05, 4.69) is 5.32 Å². The Morgan fingerprint density at radius 1 is 1.19 bits per heavy atom. The second kappa shape index (κ2) is 7.56. The smallest absolute Gasteiger partial charge is 0.414 e. The van der Waals surface area contributed by atoms with Gasteiger partial charge in [0.2, 0.25) is 0 Å². The van der Waals surface area contributed by atoms with E-state index in [9.17, 15) is 22.8 Å². The third-order valence-corrected chi connectivity index (χ3v) is 4.03. The van der Waals surface area contributed by atoms with Crippen molar-refractivity contribution in [3.63, 3.8) is 0 Å². The van der Waals surface area contributed by atoms with Crippen LogP contribution in [0.2, 0.25) is 0 Å². The molecule has 3 rings (SSSR count). The Balaban J connectivity index is 1.61. The van der Waals surface area contributed by atoms with Gasteiger partial charge < -0.3 is 14.8 Å². The molecule has 2 aromatic rings. The van der Waals surface area contributed by atoms with Gasteiger partial charge in [0.1, 0.15) is 11.9 Å². The van der Waals surface area contributed by atoms with Crippen molar-refractivity contribution in [2.24, 2.45) is 0 Å². The van der Waals surface area contributed by atoms with Crippen molar-refractivity contribution in [2.45, 2.75) is 6.10 Å². The first-order valence-corrected chi connectivity index (χ1v) is 7.94. The van der Waals surface area contributed by atoms with E-state index in [4.69, 9.17) is 9.47 Å². The molecular formula is C18H15F3N2O4. The highest BCUT2D eigenvalue weighted by Crippen LogP contribution is 2.24. The molecule has 27 heavy (non-hydrogen) atoms. The summed E-state index contributed by atoms with van der Waals surface area (Å²) in [4.78, 5) is 25.3. The number of hydrogen-bond donors (Lipinski definition) is 1. The number of ether oxygens (including phenoxy) is 2. The molecule has 1 atom stereocenters. The van der Waals surface area contributed by atoms with Crippen molar-refractivity contribution in [3.8, 4) is 5.75 Å². The molecule has 0 saturated carbocycles.